The minimum absolute atomic E-state index is 0.0310. The molecule has 0 aliphatic carbocycles. The third-order valence-corrected chi connectivity index (χ3v) is 4.87. The van der Waals surface area contributed by atoms with Crippen molar-refractivity contribution in [3.05, 3.63) is 17.5 Å². The zero-order valence-corrected chi connectivity index (χ0v) is 15.3. The molecule has 0 atom stereocenters. The van der Waals surface area contributed by atoms with Gasteiger partial charge in [0.05, 0.1) is 17.8 Å². The predicted molar refractivity (Wildman–Crippen MR) is 95.2 cm³/mol. The molecule has 1 aromatic rings. The van der Waals surface area contributed by atoms with E-state index < -0.39 is 0 Å². The van der Waals surface area contributed by atoms with Gasteiger partial charge in [0, 0.05) is 19.6 Å². The highest BCUT2D eigenvalue weighted by Crippen LogP contribution is 2.18. The van der Waals surface area contributed by atoms with Crippen molar-refractivity contribution in [2.75, 3.05) is 26.2 Å². The van der Waals surface area contributed by atoms with E-state index in [0.717, 1.165) is 57.4 Å². The van der Waals surface area contributed by atoms with Crippen molar-refractivity contribution in [1.29, 1.82) is 0 Å². The zero-order chi connectivity index (χ0) is 17.5. The summed E-state index contributed by atoms with van der Waals surface area (Å²) < 4.78 is 1.89. The van der Waals surface area contributed by atoms with Crippen LogP contribution in [0.1, 0.15) is 68.2 Å². The number of likely N-dealkylation sites (tertiary alicyclic amines) is 1. The molecule has 0 radical (unpaired) electrons. The number of nitrogens with zero attached hydrogens (tertiary/aromatic N) is 3. The van der Waals surface area contributed by atoms with E-state index in [1.54, 1.807) is 0 Å². The lowest BCUT2D eigenvalue weighted by Crippen LogP contribution is -2.37. The molecule has 1 saturated heterocycles. The van der Waals surface area contributed by atoms with Crippen LogP contribution in [-0.4, -0.2) is 58.0 Å². The molecule has 0 aromatic carbocycles. The number of carbonyl (C=O) groups is 1. The molecule has 6 heteroatoms. The number of aliphatic hydroxyl groups is 1. The second-order valence-corrected chi connectivity index (χ2v) is 6.77. The largest absolute Gasteiger partial charge is 0.393 e. The molecule has 0 unspecified atom stereocenters. The van der Waals surface area contributed by atoms with Crippen LogP contribution in [0, 0.1) is 6.92 Å². The van der Waals surface area contributed by atoms with Gasteiger partial charge in [-0.25, -0.2) is 0 Å². The molecule has 0 spiro atoms. The Kier molecular flexibility index (Phi) is 7.24. The smallest absolute Gasteiger partial charge is 0.269 e. The van der Waals surface area contributed by atoms with E-state index in [1.807, 2.05) is 17.7 Å². The van der Waals surface area contributed by atoms with Crippen molar-refractivity contribution in [2.45, 2.75) is 65.0 Å². The highest BCUT2D eigenvalue weighted by Gasteiger charge is 2.19. The monoisotopic (exact) mass is 336 g/mol. The average molecular weight is 336 g/mol. The van der Waals surface area contributed by atoms with E-state index in [2.05, 4.69) is 29.2 Å². The Balaban J connectivity index is 1.80. The van der Waals surface area contributed by atoms with Crippen LogP contribution in [-0.2, 0) is 0 Å². The molecule has 2 heterocycles. The van der Waals surface area contributed by atoms with Gasteiger partial charge in [-0.05, 0) is 51.6 Å². The van der Waals surface area contributed by atoms with Gasteiger partial charge in [0.2, 0.25) is 0 Å². The van der Waals surface area contributed by atoms with E-state index in [4.69, 9.17) is 0 Å². The zero-order valence-electron chi connectivity index (χ0n) is 15.3. The lowest BCUT2D eigenvalue weighted by atomic mass is 10.1. The van der Waals surface area contributed by atoms with Gasteiger partial charge in [-0.15, -0.1) is 0 Å². The molecular weight excluding hydrogens is 304 g/mol. The summed E-state index contributed by atoms with van der Waals surface area (Å²) in [6.07, 6.45) is 4.47. The highest BCUT2D eigenvalue weighted by atomic mass is 16.3. The van der Waals surface area contributed by atoms with E-state index in [9.17, 15) is 9.90 Å². The molecule has 1 aliphatic heterocycles. The number of nitrogens with one attached hydrogen (secondary N) is 1. The van der Waals surface area contributed by atoms with Crippen molar-refractivity contribution >= 4 is 5.91 Å². The van der Waals surface area contributed by atoms with Gasteiger partial charge < -0.3 is 15.3 Å². The van der Waals surface area contributed by atoms with Gasteiger partial charge in [-0.3, -0.25) is 9.48 Å². The highest BCUT2D eigenvalue weighted by molar-refractivity contribution is 5.92. The Morgan fingerprint density at radius 3 is 2.67 bits per heavy atom. The first-order chi connectivity index (χ1) is 11.5. The fraction of sp³-hybridized carbons (Fsp3) is 0.778. The van der Waals surface area contributed by atoms with Crippen LogP contribution >= 0.6 is 0 Å². The van der Waals surface area contributed by atoms with E-state index in [0.29, 0.717) is 12.2 Å². The number of hydrogen-bond acceptors (Lipinski definition) is 4. The Morgan fingerprint density at radius 2 is 2.04 bits per heavy atom. The number of amides is 1. The average Bonchev–Trinajstić information content (AvgIpc) is 2.96. The van der Waals surface area contributed by atoms with Crippen molar-refractivity contribution in [2.24, 2.45) is 0 Å². The number of carbonyl (C=O) groups excluding carboxylic acids is 1. The molecule has 0 saturated carbocycles. The Bertz CT molecular complexity index is 517. The molecule has 1 amide bonds. The molecular formula is C18H32N4O2. The lowest BCUT2D eigenvalue weighted by Gasteiger charge is -2.29. The van der Waals surface area contributed by atoms with Gasteiger partial charge in [-0.2, -0.15) is 5.10 Å². The van der Waals surface area contributed by atoms with Crippen LogP contribution in [0.5, 0.6) is 0 Å². The lowest BCUT2D eigenvalue weighted by molar-refractivity contribution is 0.0815. The molecule has 1 fully saturated rings. The molecule has 24 heavy (non-hydrogen) atoms. The first kappa shape index (κ1) is 18.9. The van der Waals surface area contributed by atoms with Crippen LogP contribution in [0.2, 0.25) is 0 Å². The van der Waals surface area contributed by atoms with E-state index in [-0.39, 0.29) is 18.1 Å². The maximum Gasteiger partial charge on any atom is 0.269 e. The third kappa shape index (κ3) is 5.05. The van der Waals surface area contributed by atoms with Crippen LogP contribution in [0.3, 0.4) is 0 Å². The quantitative estimate of drug-likeness (QED) is 0.714. The number of rotatable bonds is 8. The van der Waals surface area contributed by atoms with E-state index in [1.165, 1.54) is 0 Å². The standard InChI is InChI=1S/C18H32N4O2/c1-4-15(5-2)22-17(13-14(3)20-22)18(24)19-9-6-10-21-11-7-16(23)8-12-21/h13,15-16,23H,4-12H2,1-3H3,(H,19,24). The second-order valence-electron chi connectivity index (χ2n) is 6.77. The summed E-state index contributed by atoms with van der Waals surface area (Å²) in [6.45, 7) is 9.74. The summed E-state index contributed by atoms with van der Waals surface area (Å²) >= 11 is 0. The maximum absolute atomic E-state index is 12.5. The molecule has 136 valence electrons. The molecule has 1 aliphatic rings. The first-order valence-electron chi connectivity index (χ1n) is 9.29. The maximum atomic E-state index is 12.5. The summed E-state index contributed by atoms with van der Waals surface area (Å²) in [6, 6.07) is 2.15. The summed E-state index contributed by atoms with van der Waals surface area (Å²) in [5.74, 6) is -0.0310. The van der Waals surface area contributed by atoms with Gasteiger partial charge in [-0.1, -0.05) is 13.8 Å². The van der Waals surface area contributed by atoms with Gasteiger partial charge in [0.15, 0.2) is 0 Å². The molecule has 2 N–H and O–H groups in total. The fourth-order valence-electron chi connectivity index (χ4n) is 3.34. The fourth-order valence-corrected chi connectivity index (χ4v) is 3.34. The SMILES string of the molecule is CCC(CC)n1nc(C)cc1C(=O)NCCCN1CCC(O)CC1. The van der Waals surface area contributed by atoms with Crippen LogP contribution in [0.4, 0.5) is 0 Å². The first-order valence-corrected chi connectivity index (χ1v) is 9.29. The topological polar surface area (TPSA) is 70.4 Å². The summed E-state index contributed by atoms with van der Waals surface area (Å²) in [7, 11) is 0. The molecule has 1 aromatic heterocycles. The van der Waals surface area contributed by atoms with Gasteiger partial charge in [0.25, 0.3) is 5.91 Å². The number of aryl methyl sites for hydroxylation is 1. The normalized spacial score (nSPS) is 16.7. The number of piperidine rings is 1. The Labute approximate surface area is 145 Å². The van der Waals surface area contributed by atoms with Crippen molar-refractivity contribution in [3.63, 3.8) is 0 Å². The number of hydrogen-bond donors (Lipinski definition) is 2. The van der Waals surface area contributed by atoms with E-state index >= 15 is 0 Å². The third-order valence-electron chi connectivity index (χ3n) is 4.87. The molecule has 0 bridgehead atoms. The minimum atomic E-state index is -0.130. The minimum Gasteiger partial charge on any atom is -0.393 e. The van der Waals surface area contributed by atoms with Crippen molar-refractivity contribution < 1.29 is 9.90 Å². The molecule has 2 rings (SSSR count). The van der Waals surface area contributed by atoms with Crippen LogP contribution in [0.15, 0.2) is 6.07 Å². The number of aliphatic hydroxyl groups excluding tert-OH is 1. The Morgan fingerprint density at radius 1 is 1.38 bits per heavy atom. The van der Waals surface area contributed by atoms with Crippen molar-refractivity contribution in [1.82, 2.24) is 20.0 Å². The van der Waals surface area contributed by atoms with Crippen molar-refractivity contribution in [3.8, 4) is 0 Å². The van der Waals surface area contributed by atoms with Gasteiger partial charge >= 0.3 is 0 Å². The summed E-state index contributed by atoms with van der Waals surface area (Å²) in [4.78, 5) is 14.8. The molecule has 6 nitrogen and oxygen atoms in total. The van der Waals surface area contributed by atoms with Gasteiger partial charge in [0.1, 0.15) is 5.69 Å². The summed E-state index contributed by atoms with van der Waals surface area (Å²) in [5, 5.41) is 17.1. The summed E-state index contributed by atoms with van der Waals surface area (Å²) in [5.41, 5.74) is 1.56. The van der Waals surface area contributed by atoms with Crippen LogP contribution < -0.4 is 5.32 Å². The number of aromatic nitrogens is 2. The Hall–Kier alpha value is -1.40. The predicted octanol–water partition coefficient (Wildman–Crippen LogP) is 2.13. The van der Waals surface area contributed by atoms with Crippen LogP contribution in [0.25, 0.3) is 0 Å². The second kappa shape index (κ2) is 9.18.